The van der Waals surface area contributed by atoms with E-state index >= 15 is 0 Å². The van der Waals surface area contributed by atoms with E-state index in [4.69, 9.17) is 23.7 Å². The molecule has 0 radical (unpaired) electrons. The molecule has 0 fully saturated rings. The number of unbranched alkanes of at least 4 members (excludes halogenated alkanes) is 14. The molecule has 7 heteroatoms. The van der Waals surface area contributed by atoms with Crippen LogP contribution in [0.2, 0.25) is 0 Å². The third-order valence-electron chi connectivity index (χ3n) is 6.27. The van der Waals surface area contributed by atoms with Gasteiger partial charge in [0.15, 0.2) is 0 Å². The van der Waals surface area contributed by atoms with Crippen molar-refractivity contribution in [3.63, 3.8) is 0 Å². The molecule has 37 heavy (non-hydrogen) atoms. The molecular weight excluding hydrogens is 472 g/mol. The highest BCUT2D eigenvalue weighted by atomic mass is 16.6. The minimum atomic E-state index is -0.600. The fraction of sp³-hybridized carbons (Fsp3) is 1.00. The Balaban J connectivity index is 3.23. The maximum Gasteiger partial charge on any atom is 0.101 e. The van der Waals surface area contributed by atoms with E-state index in [1.54, 1.807) is 0 Å². The third kappa shape index (κ3) is 31.8. The fourth-order valence-corrected chi connectivity index (χ4v) is 3.99. The van der Waals surface area contributed by atoms with Gasteiger partial charge in [-0.3, -0.25) is 0 Å². The molecule has 0 saturated carbocycles. The van der Waals surface area contributed by atoms with Crippen LogP contribution in [-0.2, 0) is 23.7 Å². The highest BCUT2D eigenvalue weighted by Gasteiger charge is 2.06. The van der Waals surface area contributed by atoms with Gasteiger partial charge in [0, 0.05) is 13.2 Å². The predicted octanol–water partition coefficient (Wildman–Crippen LogP) is 6.07. The molecule has 0 aliphatic carbocycles. The minimum absolute atomic E-state index is 0.252. The van der Waals surface area contributed by atoms with Crippen LogP contribution < -0.4 is 0 Å². The summed E-state index contributed by atoms with van der Waals surface area (Å²) in [5.41, 5.74) is 0. The molecule has 0 bridgehead atoms. The molecule has 0 aromatic rings. The Kier molecular flexibility index (Phi) is 31.7. The van der Waals surface area contributed by atoms with Crippen LogP contribution in [0.1, 0.15) is 117 Å². The van der Waals surface area contributed by atoms with Crippen LogP contribution in [0.5, 0.6) is 0 Å². The van der Waals surface area contributed by atoms with E-state index in [2.05, 4.69) is 13.8 Å². The second-order valence-corrected chi connectivity index (χ2v) is 10.2. The smallest absolute Gasteiger partial charge is 0.101 e. The molecule has 224 valence electrons. The molecule has 0 aromatic heterocycles. The zero-order valence-electron chi connectivity index (χ0n) is 24.5. The van der Waals surface area contributed by atoms with Crippen molar-refractivity contribution in [2.75, 3.05) is 66.1 Å². The number of aliphatic hydroxyl groups excluding tert-OH is 2. The van der Waals surface area contributed by atoms with Gasteiger partial charge in [-0.1, -0.05) is 104 Å². The van der Waals surface area contributed by atoms with Crippen LogP contribution in [0.25, 0.3) is 0 Å². The molecule has 0 heterocycles. The Morgan fingerprint density at radius 2 is 0.622 bits per heavy atom. The zero-order valence-corrected chi connectivity index (χ0v) is 24.5. The Bertz CT molecular complexity index is 375. The summed E-state index contributed by atoms with van der Waals surface area (Å²) in [5.74, 6) is 0. The van der Waals surface area contributed by atoms with E-state index in [-0.39, 0.29) is 13.2 Å². The van der Waals surface area contributed by atoms with Crippen LogP contribution in [0, 0.1) is 0 Å². The average Bonchev–Trinajstić information content (AvgIpc) is 2.89. The van der Waals surface area contributed by atoms with E-state index in [1.807, 2.05) is 0 Å². The highest BCUT2D eigenvalue weighted by Crippen LogP contribution is 2.09. The van der Waals surface area contributed by atoms with Crippen molar-refractivity contribution in [3.05, 3.63) is 0 Å². The van der Waals surface area contributed by atoms with Crippen molar-refractivity contribution < 1.29 is 33.9 Å². The van der Waals surface area contributed by atoms with Gasteiger partial charge in [0.2, 0.25) is 0 Å². The summed E-state index contributed by atoms with van der Waals surface area (Å²) in [6.45, 7) is 8.76. The van der Waals surface area contributed by atoms with Crippen LogP contribution >= 0.6 is 0 Å². The lowest BCUT2D eigenvalue weighted by atomic mass is 10.1. The summed E-state index contributed by atoms with van der Waals surface area (Å²) in [4.78, 5) is 0. The van der Waals surface area contributed by atoms with Crippen molar-refractivity contribution in [3.8, 4) is 0 Å². The number of hydrogen-bond acceptors (Lipinski definition) is 7. The molecule has 0 aliphatic rings. The van der Waals surface area contributed by atoms with Gasteiger partial charge in [-0.25, -0.2) is 0 Å². The van der Waals surface area contributed by atoms with Crippen LogP contribution in [0.4, 0.5) is 0 Å². The van der Waals surface area contributed by atoms with Gasteiger partial charge in [-0.05, 0) is 12.8 Å². The lowest BCUT2D eigenvalue weighted by molar-refractivity contribution is -0.0476. The van der Waals surface area contributed by atoms with Crippen molar-refractivity contribution in [2.45, 2.75) is 129 Å². The zero-order chi connectivity index (χ0) is 27.1. The summed E-state index contributed by atoms with van der Waals surface area (Å²) in [6, 6.07) is 0. The number of hydrogen-bond donors (Lipinski definition) is 2. The SMILES string of the molecule is CCCCCCCCCCOCC(O)COCCOCCOCC(O)COCCCCCCCCCC. The molecular formula is C30H62O7. The first-order valence-electron chi connectivity index (χ1n) is 15.5. The van der Waals surface area contributed by atoms with Gasteiger partial charge in [0.25, 0.3) is 0 Å². The Morgan fingerprint density at radius 1 is 0.351 bits per heavy atom. The van der Waals surface area contributed by atoms with E-state index in [1.165, 1.54) is 89.9 Å². The second kappa shape index (κ2) is 31.9. The molecule has 0 aromatic carbocycles. The number of aliphatic hydroxyl groups is 2. The van der Waals surface area contributed by atoms with E-state index in [0.29, 0.717) is 52.9 Å². The van der Waals surface area contributed by atoms with Crippen molar-refractivity contribution in [1.29, 1.82) is 0 Å². The summed E-state index contributed by atoms with van der Waals surface area (Å²) in [7, 11) is 0. The number of rotatable bonds is 32. The molecule has 7 nitrogen and oxygen atoms in total. The van der Waals surface area contributed by atoms with Crippen LogP contribution in [-0.4, -0.2) is 88.5 Å². The first-order valence-corrected chi connectivity index (χ1v) is 15.5. The van der Waals surface area contributed by atoms with Gasteiger partial charge in [0.1, 0.15) is 12.2 Å². The topological polar surface area (TPSA) is 86.6 Å². The van der Waals surface area contributed by atoms with Crippen LogP contribution in [0.15, 0.2) is 0 Å². The largest absolute Gasteiger partial charge is 0.388 e. The van der Waals surface area contributed by atoms with Gasteiger partial charge in [0.05, 0.1) is 52.9 Å². The van der Waals surface area contributed by atoms with E-state index < -0.39 is 12.2 Å². The van der Waals surface area contributed by atoms with Gasteiger partial charge in [-0.15, -0.1) is 0 Å². The maximum atomic E-state index is 9.90. The van der Waals surface area contributed by atoms with Crippen LogP contribution in [0.3, 0.4) is 0 Å². The van der Waals surface area contributed by atoms with Gasteiger partial charge in [-0.2, -0.15) is 0 Å². The maximum absolute atomic E-state index is 9.90. The molecule has 2 atom stereocenters. The highest BCUT2D eigenvalue weighted by molar-refractivity contribution is 4.53. The van der Waals surface area contributed by atoms with E-state index in [0.717, 1.165) is 12.8 Å². The summed E-state index contributed by atoms with van der Waals surface area (Å²) in [6.07, 6.45) is 19.2. The Morgan fingerprint density at radius 3 is 0.973 bits per heavy atom. The molecule has 0 saturated heterocycles. The predicted molar refractivity (Wildman–Crippen MR) is 151 cm³/mol. The molecule has 0 spiro atoms. The van der Waals surface area contributed by atoms with Gasteiger partial charge < -0.3 is 33.9 Å². The summed E-state index contributed by atoms with van der Waals surface area (Å²) in [5, 5.41) is 19.8. The van der Waals surface area contributed by atoms with Crippen molar-refractivity contribution >= 4 is 0 Å². The lowest BCUT2D eigenvalue weighted by Crippen LogP contribution is -2.24. The second-order valence-electron chi connectivity index (χ2n) is 10.2. The minimum Gasteiger partial charge on any atom is -0.388 e. The van der Waals surface area contributed by atoms with Crippen molar-refractivity contribution in [1.82, 2.24) is 0 Å². The summed E-state index contributed by atoms with van der Waals surface area (Å²) < 4.78 is 27.4. The normalized spacial score (nSPS) is 13.3. The standard InChI is InChI=1S/C30H62O7/c1-3-5-7-9-11-13-15-17-19-34-25-29(31)27-36-23-21-33-22-24-37-28-30(32)26-35-20-18-16-14-12-10-8-6-4-2/h29-32H,3-28H2,1-2H3. The average molecular weight is 535 g/mol. The molecule has 0 rings (SSSR count). The third-order valence-corrected chi connectivity index (χ3v) is 6.27. The monoisotopic (exact) mass is 534 g/mol. The molecule has 0 amide bonds. The molecule has 2 unspecified atom stereocenters. The number of ether oxygens (including phenoxy) is 5. The molecule has 2 N–H and O–H groups in total. The lowest BCUT2D eigenvalue weighted by Gasteiger charge is -2.13. The quantitative estimate of drug-likeness (QED) is 0.101. The van der Waals surface area contributed by atoms with E-state index in [9.17, 15) is 10.2 Å². The molecule has 0 aliphatic heterocycles. The van der Waals surface area contributed by atoms with Gasteiger partial charge >= 0.3 is 0 Å². The summed E-state index contributed by atoms with van der Waals surface area (Å²) >= 11 is 0. The van der Waals surface area contributed by atoms with Crippen molar-refractivity contribution in [2.24, 2.45) is 0 Å². The Labute approximate surface area is 228 Å². The first kappa shape index (κ1) is 36.7. The fourth-order valence-electron chi connectivity index (χ4n) is 3.99. The Hall–Kier alpha value is -0.280. The first-order chi connectivity index (χ1) is 18.2.